The van der Waals surface area contributed by atoms with Gasteiger partial charge in [-0.05, 0) is 147 Å². The Morgan fingerprint density at radius 2 is 0.627 bits per heavy atom. The summed E-state index contributed by atoms with van der Waals surface area (Å²) >= 11 is 0. The van der Waals surface area contributed by atoms with Gasteiger partial charge in [-0.15, -0.1) is 0 Å². The summed E-state index contributed by atoms with van der Waals surface area (Å²) in [6.07, 6.45) is 19.2. The molecular formula is C48H63N3. The summed E-state index contributed by atoms with van der Waals surface area (Å²) in [5.74, 6) is 0. The number of hydrogen-bond acceptors (Lipinski definition) is 3. The molecule has 0 spiro atoms. The first kappa shape index (κ1) is 36.1. The molecule has 3 aliphatic heterocycles. The van der Waals surface area contributed by atoms with Crippen molar-refractivity contribution in [1.82, 2.24) is 14.7 Å². The Kier molecular flexibility index (Phi) is 13.5. The summed E-state index contributed by atoms with van der Waals surface area (Å²) < 4.78 is 0. The summed E-state index contributed by atoms with van der Waals surface area (Å²) in [5, 5.41) is 0. The van der Waals surface area contributed by atoms with E-state index in [1.807, 2.05) is 0 Å². The molecule has 4 aromatic carbocycles. The molecule has 3 aliphatic rings. The lowest BCUT2D eigenvalue weighted by molar-refractivity contribution is 0.248. The molecule has 0 amide bonds. The van der Waals surface area contributed by atoms with Crippen LogP contribution in [0.3, 0.4) is 0 Å². The van der Waals surface area contributed by atoms with Crippen molar-refractivity contribution in [2.45, 2.75) is 116 Å². The normalized spacial score (nSPS) is 16.5. The van der Waals surface area contributed by atoms with Gasteiger partial charge in [0.15, 0.2) is 0 Å². The molecule has 7 rings (SSSR count). The van der Waals surface area contributed by atoms with Crippen LogP contribution in [0.25, 0.3) is 0 Å². The molecule has 3 heteroatoms. The van der Waals surface area contributed by atoms with E-state index in [2.05, 4.69) is 106 Å². The number of fused-ring (bicyclic) bond motifs is 3. The van der Waals surface area contributed by atoms with Crippen LogP contribution in [-0.2, 0) is 58.2 Å². The van der Waals surface area contributed by atoms with Gasteiger partial charge in [0.2, 0.25) is 0 Å². The molecule has 0 bridgehead atoms. The molecule has 270 valence electrons. The predicted molar refractivity (Wildman–Crippen MR) is 215 cm³/mol. The van der Waals surface area contributed by atoms with Crippen LogP contribution in [0, 0.1) is 0 Å². The molecule has 4 aromatic rings. The monoisotopic (exact) mass is 682 g/mol. The van der Waals surface area contributed by atoms with E-state index in [1.165, 1.54) is 136 Å². The number of nitrogens with zero attached hydrogens (tertiary/aromatic N) is 3. The van der Waals surface area contributed by atoms with E-state index in [1.54, 1.807) is 50.1 Å². The SMILES string of the molecule is c1ccc2c(c1)CCN(CCCCCc1cc(CCCCCN3CCc4ccccc4C3)cc(CCCCCN3CCc4ccccc4C3)c1)C2. The summed E-state index contributed by atoms with van der Waals surface area (Å²) in [6.45, 7) is 10.8. The van der Waals surface area contributed by atoms with Crippen molar-refractivity contribution >= 4 is 0 Å². The lowest BCUT2D eigenvalue weighted by Crippen LogP contribution is -2.31. The third-order valence-corrected chi connectivity index (χ3v) is 12.1. The molecule has 0 aliphatic carbocycles. The highest BCUT2D eigenvalue weighted by Crippen LogP contribution is 2.23. The van der Waals surface area contributed by atoms with Gasteiger partial charge in [-0.3, -0.25) is 14.7 Å². The first-order valence-corrected chi connectivity index (χ1v) is 20.7. The van der Waals surface area contributed by atoms with Crippen LogP contribution in [0.4, 0.5) is 0 Å². The number of benzene rings is 4. The average Bonchev–Trinajstić information content (AvgIpc) is 3.17. The summed E-state index contributed by atoms with van der Waals surface area (Å²) in [4.78, 5) is 8.03. The van der Waals surface area contributed by atoms with Crippen LogP contribution in [0.2, 0.25) is 0 Å². The molecule has 0 radical (unpaired) electrons. The minimum atomic E-state index is 1.14. The average molecular weight is 682 g/mol. The number of hydrogen-bond donors (Lipinski definition) is 0. The van der Waals surface area contributed by atoms with Crippen LogP contribution in [0.5, 0.6) is 0 Å². The third-order valence-electron chi connectivity index (χ3n) is 12.1. The highest BCUT2D eigenvalue weighted by atomic mass is 15.1. The molecule has 0 saturated heterocycles. The Morgan fingerprint density at radius 1 is 0.333 bits per heavy atom. The lowest BCUT2D eigenvalue weighted by Gasteiger charge is -2.28. The lowest BCUT2D eigenvalue weighted by atomic mass is 9.95. The zero-order valence-electron chi connectivity index (χ0n) is 31.5. The molecule has 0 saturated carbocycles. The van der Waals surface area contributed by atoms with Crippen LogP contribution in [-0.4, -0.2) is 54.0 Å². The van der Waals surface area contributed by atoms with Gasteiger partial charge in [-0.25, -0.2) is 0 Å². The number of unbranched alkanes of at least 4 members (excludes halogenated alkanes) is 6. The maximum Gasteiger partial charge on any atom is 0.0236 e. The minimum Gasteiger partial charge on any atom is -0.299 e. The summed E-state index contributed by atoms with van der Waals surface area (Å²) in [5.41, 5.74) is 14.1. The van der Waals surface area contributed by atoms with Gasteiger partial charge < -0.3 is 0 Å². The molecule has 51 heavy (non-hydrogen) atoms. The third kappa shape index (κ3) is 10.9. The van der Waals surface area contributed by atoms with E-state index in [0.29, 0.717) is 0 Å². The first-order valence-electron chi connectivity index (χ1n) is 20.7. The smallest absolute Gasteiger partial charge is 0.0236 e. The van der Waals surface area contributed by atoms with Crippen molar-refractivity contribution in [2.24, 2.45) is 0 Å². The Bertz CT molecular complexity index is 1450. The molecule has 3 nitrogen and oxygen atoms in total. The highest BCUT2D eigenvalue weighted by molar-refractivity contribution is 5.32. The van der Waals surface area contributed by atoms with E-state index < -0.39 is 0 Å². The van der Waals surface area contributed by atoms with E-state index in [4.69, 9.17) is 0 Å². The van der Waals surface area contributed by atoms with Gasteiger partial charge in [0.25, 0.3) is 0 Å². The Hall–Kier alpha value is -3.24. The van der Waals surface area contributed by atoms with Crippen molar-refractivity contribution in [3.05, 3.63) is 141 Å². The van der Waals surface area contributed by atoms with E-state index in [-0.39, 0.29) is 0 Å². The zero-order valence-corrected chi connectivity index (χ0v) is 31.5. The quantitative estimate of drug-likeness (QED) is 0.0969. The minimum absolute atomic E-state index is 1.14. The van der Waals surface area contributed by atoms with Gasteiger partial charge >= 0.3 is 0 Å². The molecule has 0 fully saturated rings. The fourth-order valence-corrected chi connectivity index (χ4v) is 9.03. The maximum absolute atomic E-state index is 2.68. The molecule has 0 N–H and O–H groups in total. The zero-order chi connectivity index (χ0) is 34.5. The van der Waals surface area contributed by atoms with Crippen LogP contribution in [0.1, 0.15) is 108 Å². The van der Waals surface area contributed by atoms with Gasteiger partial charge in [-0.2, -0.15) is 0 Å². The fraction of sp³-hybridized carbons (Fsp3) is 0.500. The standard InChI is InChI=1S/C48H63N3/c1(13-28-49-31-25-43-19-7-10-22-46(43)37-49)4-16-40-34-41(17-5-2-14-29-50-32-26-44-20-8-11-23-47(44)38-50)36-42(35-40)18-6-3-15-30-51-33-27-45-21-9-12-24-48(45)39-51/h7-12,19-24,34-36H,1-6,13-18,25-33,37-39H2. The maximum atomic E-state index is 2.68. The first-order chi connectivity index (χ1) is 25.2. The Balaban J connectivity index is 0.851. The summed E-state index contributed by atoms with van der Waals surface area (Å²) in [6, 6.07) is 34.8. The second kappa shape index (κ2) is 19.0. The van der Waals surface area contributed by atoms with E-state index in [9.17, 15) is 0 Å². The second-order valence-corrected chi connectivity index (χ2v) is 16.0. The van der Waals surface area contributed by atoms with Crippen molar-refractivity contribution < 1.29 is 0 Å². The Morgan fingerprint density at radius 3 is 0.941 bits per heavy atom. The topological polar surface area (TPSA) is 9.72 Å². The van der Waals surface area contributed by atoms with Crippen molar-refractivity contribution in [1.29, 1.82) is 0 Å². The van der Waals surface area contributed by atoms with Crippen molar-refractivity contribution in [2.75, 3.05) is 39.3 Å². The van der Waals surface area contributed by atoms with Crippen LogP contribution in [0.15, 0.2) is 91.0 Å². The largest absolute Gasteiger partial charge is 0.299 e. The Labute approximate surface area is 310 Å². The van der Waals surface area contributed by atoms with Gasteiger partial charge in [0.05, 0.1) is 0 Å². The van der Waals surface area contributed by atoms with Crippen LogP contribution >= 0.6 is 0 Å². The van der Waals surface area contributed by atoms with Gasteiger partial charge in [0, 0.05) is 39.3 Å². The molecule has 0 aromatic heterocycles. The number of aryl methyl sites for hydroxylation is 3. The van der Waals surface area contributed by atoms with E-state index in [0.717, 1.165) is 19.6 Å². The van der Waals surface area contributed by atoms with Crippen LogP contribution < -0.4 is 0 Å². The van der Waals surface area contributed by atoms with E-state index >= 15 is 0 Å². The van der Waals surface area contributed by atoms with Crippen molar-refractivity contribution in [3.8, 4) is 0 Å². The predicted octanol–water partition coefficient (Wildman–Crippen LogP) is 10.00. The molecule has 0 atom stereocenters. The van der Waals surface area contributed by atoms with Crippen molar-refractivity contribution in [3.63, 3.8) is 0 Å². The van der Waals surface area contributed by atoms with Gasteiger partial charge in [0.1, 0.15) is 0 Å². The highest BCUT2D eigenvalue weighted by Gasteiger charge is 2.17. The molecule has 0 unspecified atom stereocenters. The number of rotatable bonds is 18. The fourth-order valence-electron chi connectivity index (χ4n) is 9.03. The molecular weight excluding hydrogens is 619 g/mol. The summed E-state index contributed by atoms with van der Waals surface area (Å²) in [7, 11) is 0. The van der Waals surface area contributed by atoms with Gasteiger partial charge in [-0.1, -0.05) is 110 Å². The molecule has 3 heterocycles. The second-order valence-electron chi connectivity index (χ2n) is 16.0.